The van der Waals surface area contributed by atoms with E-state index in [0.29, 0.717) is 11.1 Å². The molecule has 0 saturated carbocycles. The van der Waals surface area contributed by atoms with Gasteiger partial charge >= 0.3 is 0 Å². The van der Waals surface area contributed by atoms with E-state index in [2.05, 4.69) is 0 Å². The van der Waals surface area contributed by atoms with Crippen LogP contribution in [0.4, 0.5) is 0 Å². The number of carbonyl (C=O) groups excluding carboxylic acids is 1. The van der Waals surface area contributed by atoms with Crippen LogP contribution in [0.3, 0.4) is 0 Å². The zero-order chi connectivity index (χ0) is 10.0. The van der Waals surface area contributed by atoms with Gasteiger partial charge in [0.05, 0.1) is 0 Å². The van der Waals surface area contributed by atoms with Crippen LogP contribution in [0.25, 0.3) is 0 Å². The highest BCUT2D eigenvalue weighted by Crippen LogP contribution is 2.09. The number of aryl methyl sites for hydroxylation is 1. The van der Waals surface area contributed by atoms with Crippen LogP contribution in [-0.2, 0) is 0 Å². The Hall–Kier alpha value is -1.84. The second kappa shape index (κ2) is 3.26. The third-order valence-electron chi connectivity index (χ3n) is 1.80. The minimum atomic E-state index is -0.465. The molecule has 4 nitrogen and oxygen atoms in total. The van der Waals surface area contributed by atoms with Gasteiger partial charge in [-0.05, 0) is 24.6 Å². The molecule has 5 N–H and O–H groups in total. The molecule has 0 saturated heterocycles. The lowest BCUT2D eigenvalue weighted by molar-refractivity contribution is 0.0999. The number of nitrogen functional groups attached to an aromatic ring is 1. The lowest BCUT2D eigenvalue weighted by Gasteiger charge is -2.03. The van der Waals surface area contributed by atoms with Gasteiger partial charge in [-0.2, -0.15) is 0 Å². The highest BCUT2D eigenvalue weighted by Gasteiger charge is 2.05. The molecule has 0 aromatic heterocycles. The molecular formula is C9H11N3O. The van der Waals surface area contributed by atoms with Crippen LogP contribution in [0.5, 0.6) is 0 Å². The van der Waals surface area contributed by atoms with E-state index in [1.165, 1.54) is 0 Å². The molecule has 1 aromatic carbocycles. The van der Waals surface area contributed by atoms with Gasteiger partial charge in [0.25, 0.3) is 0 Å². The molecule has 0 spiro atoms. The second-order valence-electron chi connectivity index (χ2n) is 2.81. The third kappa shape index (κ3) is 1.84. The summed E-state index contributed by atoms with van der Waals surface area (Å²) in [5, 5.41) is 7.17. The Kier molecular flexibility index (Phi) is 2.32. The number of benzene rings is 1. The summed E-state index contributed by atoms with van der Waals surface area (Å²) in [6, 6.07) is 4.85. The largest absolute Gasteiger partial charge is 0.384 e. The van der Waals surface area contributed by atoms with Crippen LogP contribution in [0.1, 0.15) is 21.5 Å². The number of primary amides is 1. The first kappa shape index (κ1) is 9.25. The molecule has 0 aliphatic heterocycles. The van der Waals surface area contributed by atoms with E-state index in [9.17, 15) is 4.79 Å². The van der Waals surface area contributed by atoms with E-state index >= 15 is 0 Å². The number of carbonyl (C=O) groups is 1. The van der Waals surface area contributed by atoms with Gasteiger partial charge in [0.15, 0.2) is 0 Å². The number of amidine groups is 1. The maximum absolute atomic E-state index is 10.8. The first-order valence-corrected chi connectivity index (χ1v) is 3.77. The average molecular weight is 177 g/mol. The van der Waals surface area contributed by atoms with Crippen molar-refractivity contribution in [3.05, 3.63) is 34.9 Å². The van der Waals surface area contributed by atoms with Crippen LogP contribution in [0.2, 0.25) is 0 Å². The normalized spacial score (nSPS) is 9.62. The number of nitrogens with one attached hydrogen (secondary N) is 1. The van der Waals surface area contributed by atoms with E-state index in [-0.39, 0.29) is 5.84 Å². The predicted molar refractivity (Wildman–Crippen MR) is 50.7 cm³/mol. The molecular weight excluding hydrogens is 166 g/mol. The van der Waals surface area contributed by atoms with Crippen LogP contribution in [0, 0.1) is 12.3 Å². The standard InChI is InChI=1S/C9H11N3O/c1-5-4-6(8(10)11)2-3-7(5)9(12)13/h2-4H,1H3,(H3,10,11)(H2,12,13). The summed E-state index contributed by atoms with van der Waals surface area (Å²) >= 11 is 0. The summed E-state index contributed by atoms with van der Waals surface area (Å²) in [7, 11) is 0. The Morgan fingerprint density at radius 3 is 2.38 bits per heavy atom. The number of hydrogen-bond donors (Lipinski definition) is 3. The van der Waals surface area contributed by atoms with Crippen molar-refractivity contribution in [3.8, 4) is 0 Å². The Balaban J connectivity index is 3.20. The monoisotopic (exact) mass is 177 g/mol. The smallest absolute Gasteiger partial charge is 0.248 e. The first-order valence-electron chi connectivity index (χ1n) is 3.77. The minimum absolute atomic E-state index is 0.0147. The van der Waals surface area contributed by atoms with E-state index in [4.69, 9.17) is 16.9 Å². The van der Waals surface area contributed by atoms with E-state index < -0.39 is 5.91 Å². The summed E-state index contributed by atoms with van der Waals surface area (Å²) in [4.78, 5) is 10.8. The summed E-state index contributed by atoms with van der Waals surface area (Å²) < 4.78 is 0. The molecule has 0 unspecified atom stereocenters. The second-order valence-corrected chi connectivity index (χ2v) is 2.81. The molecule has 0 aliphatic carbocycles. The lowest BCUT2D eigenvalue weighted by Crippen LogP contribution is -2.15. The highest BCUT2D eigenvalue weighted by molar-refractivity contribution is 5.98. The summed E-state index contributed by atoms with van der Waals surface area (Å²) in [5.74, 6) is -0.480. The first-order chi connectivity index (χ1) is 6.02. The Morgan fingerprint density at radius 1 is 1.38 bits per heavy atom. The van der Waals surface area contributed by atoms with Gasteiger partial charge in [0, 0.05) is 11.1 Å². The van der Waals surface area contributed by atoms with Crippen LogP contribution >= 0.6 is 0 Å². The maximum Gasteiger partial charge on any atom is 0.248 e. The van der Waals surface area contributed by atoms with E-state index in [1.807, 2.05) is 0 Å². The number of nitrogens with two attached hydrogens (primary N) is 2. The average Bonchev–Trinajstić information content (AvgIpc) is 2.03. The lowest BCUT2D eigenvalue weighted by atomic mass is 10.0. The van der Waals surface area contributed by atoms with Crippen molar-refractivity contribution >= 4 is 11.7 Å². The van der Waals surface area contributed by atoms with Crippen molar-refractivity contribution in [3.63, 3.8) is 0 Å². The molecule has 0 fully saturated rings. The molecule has 0 atom stereocenters. The third-order valence-corrected chi connectivity index (χ3v) is 1.80. The highest BCUT2D eigenvalue weighted by atomic mass is 16.1. The minimum Gasteiger partial charge on any atom is -0.384 e. The van der Waals surface area contributed by atoms with Gasteiger partial charge in [-0.3, -0.25) is 10.2 Å². The summed E-state index contributed by atoms with van der Waals surface area (Å²) in [6.45, 7) is 1.76. The molecule has 13 heavy (non-hydrogen) atoms. The van der Waals surface area contributed by atoms with E-state index in [1.54, 1.807) is 25.1 Å². The zero-order valence-electron chi connectivity index (χ0n) is 7.29. The zero-order valence-corrected chi connectivity index (χ0v) is 7.29. The number of amides is 1. The molecule has 68 valence electrons. The van der Waals surface area contributed by atoms with Crippen molar-refractivity contribution < 1.29 is 4.79 Å². The van der Waals surface area contributed by atoms with Gasteiger partial charge in [-0.15, -0.1) is 0 Å². The molecule has 1 amide bonds. The molecule has 0 heterocycles. The molecule has 1 aromatic rings. The molecule has 1 rings (SSSR count). The summed E-state index contributed by atoms with van der Waals surface area (Å²) in [6.07, 6.45) is 0. The van der Waals surface area contributed by atoms with Crippen molar-refractivity contribution in [1.82, 2.24) is 0 Å². The van der Waals surface area contributed by atoms with Crippen molar-refractivity contribution in [2.24, 2.45) is 11.5 Å². The van der Waals surface area contributed by atoms with Crippen LogP contribution < -0.4 is 11.5 Å². The number of rotatable bonds is 2. The molecule has 4 heteroatoms. The SMILES string of the molecule is Cc1cc(C(=N)N)ccc1C(N)=O. The van der Waals surface area contributed by atoms with Gasteiger partial charge in [-0.1, -0.05) is 6.07 Å². The fraction of sp³-hybridized carbons (Fsp3) is 0.111. The van der Waals surface area contributed by atoms with Crippen LogP contribution in [-0.4, -0.2) is 11.7 Å². The molecule has 0 bridgehead atoms. The van der Waals surface area contributed by atoms with Gasteiger partial charge < -0.3 is 11.5 Å². The number of hydrogen-bond acceptors (Lipinski definition) is 2. The Morgan fingerprint density at radius 2 is 2.00 bits per heavy atom. The van der Waals surface area contributed by atoms with Gasteiger partial charge in [0.2, 0.25) is 5.91 Å². The maximum atomic E-state index is 10.8. The van der Waals surface area contributed by atoms with E-state index in [0.717, 1.165) is 5.56 Å². The molecule has 0 aliphatic rings. The fourth-order valence-electron chi connectivity index (χ4n) is 1.11. The van der Waals surface area contributed by atoms with Crippen molar-refractivity contribution in [2.75, 3.05) is 0 Å². The van der Waals surface area contributed by atoms with Crippen molar-refractivity contribution in [2.45, 2.75) is 6.92 Å². The quantitative estimate of drug-likeness (QED) is 0.450. The van der Waals surface area contributed by atoms with Gasteiger partial charge in [-0.25, -0.2) is 0 Å². The molecule has 0 radical (unpaired) electrons. The van der Waals surface area contributed by atoms with Gasteiger partial charge in [0.1, 0.15) is 5.84 Å². The summed E-state index contributed by atoms with van der Waals surface area (Å²) in [5.41, 5.74) is 12.2. The topological polar surface area (TPSA) is 93.0 Å². The van der Waals surface area contributed by atoms with Crippen molar-refractivity contribution in [1.29, 1.82) is 5.41 Å². The Bertz CT molecular complexity index is 371. The fourth-order valence-corrected chi connectivity index (χ4v) is 1.11. The Labute approximate surface area is 76.1 Å². The van der Waals surface area contributed by atoms with Crippen LogP contribution in [0.15, 0.2) is 18.2 Å². The predicted octanol–water partition coefficient (Wildman–Crippen LogP) is 0.378.